The van der Waals surface area contributed by atoms with Crippen LogP contribution in [0.15, 0.2) is 48.6 Å². The number of hydrogen-bond acceptors (Lipinski definition) is 1. The maximum absolute atomic E-state index is 13.6. The van der Waals surface area contributed by atoms with Crippen molar-refractivity contribution in [2.75, 3.05) is 5.32 Å². The van der Waals surface area contributed by atoms with Gasteiger partial charge in [0.2, 0.25) is 0 Å². The van der Waals surface area contributed by atoms with E-state index >= 15 is 0 Å². The van der Waals surface area contributed by atoms with Crippen molar-refractivity contribution in [2.45, 2.75) is 32.2 Å². The maximum atomic E-state index is 13.6. The minimum atomic E-state index is -0.159. The summed E-state index contributed by atoms with van der Waals surface area (Å²) in [6.45, 7) is 4.32. The lowest BCUT2D eigenvalue weighted by atomic mass is 9.75. The highest BCUT2D eigenvalue weighted by atomic mass is 19.1. The third-order valence-corrected chi connectivity index (χ3v) is 5.02. The Hall–Kier alpha value is -2.09. The summed E-state index contributed by atoms with van der Waals surface area (Å²) in [6.07, 6.45) is 5.66. The quantitative estimate of drug-likeness (QED) is 0.706. The predicted octanol–water partition coefficient (Wildman–Crippen LogP) is 5.27. The minimum absolute atomic E-state index is 0.159. The van der Waals surface area contributed by atoms with E-state index in [0.717, 1.165) is 12.0 Å². The first kappa shape index (κ1) is 13.6. The third-order valence-electron chi connectivity index (χ3n) is 5.02. The highest BCUT2D eigenvalue weighted by Crippen LogP contribution is 2.50. The Bertz CT molecular complexity index is 762. The van der Waals surface area contributed by atoms with E-state index in [4.69, 9.17) is 0 Å². The van der Waals surface area contributed by atoms with Crippen molar-refractivity contribution < 1.29 is 4.39 Å². The van der Waals surface area contributed by atoms with Gasteiger partial charge in [-0.25, -0.2) is 4.39 Å². The van der Waals surface area contributed by atoms with Crippen molar-refractivity contribution in [1.29, 1.82) is 0 Å². The van der Waals surface area contributed by atoms with Crippen LogP contribution in [0.3, 0.4) is 0 Å². The molecule has 2 aromatic carbocycles. The lowest BCUT2D eigenvalue weighted by molar-refractivity contribution is 0.423. The van der Waals surface area contributed by atoms with Gasteiger partial charge in [-0.2, -0.15) is 0 Å². The van der Waals surface area contributed by atoms with Gasteiger partial charge in [0.15, 0.2) is 0 Å². The average Bonchev–Trinajstić information content (AvgIpc) is 2.94. The van der Waals surface area contributed by atoms with Gasteiger partial charge in [0, 0.05) is 11.6 Å². The second-order valence-electron chi connectivity index (χ2n) is 6.57. The number of rotatable bonds is 1. The molecule has 0 saturated heterocycles. The highest BCUT2D eigenvalue weighted by Gasteiger charge is 2.38. The number of allylic oxidation sites excluding steroid dienone is 2. The summed E-state index contributed by atoms with van der Waals surface area (Å²) in [5.41, 5.74) is 6.28. The van der Waals surface area contributed by atoms with E-state index in [-0.39, 0.29) is 11.9 Å². The maximum Gasteiger partial charge on any atom is 0.123 e. The first-order valence-electron chi connectivity index (χ1n) is 7.93. The highest BCUT2D eigenvalue weighted by molar-refractivity contribution is 5.63. The molecule has 112 valence electrons. The van der Waals surface area contributed by atoms with E-state index in [1.807, 2.05) is 6.07 Å². The smallest absolute Gasteiger partial charge is 0.123 e. The van der Waals surface area contributed by atoms with Gasteiger partial charge in [-0.05, 0) is 66.6 Å². The van der Waals surface area contributed by atoms with Gasteiger partial charge in [-0.15, -0.1) is 0 Å². The Labute approximate surface area is 130 Å². The molecule has 0 spiro atoms. The molecule has 4 rings (SSSR count). The van der Waals surface area contributed by atoms with Gasteiger partial charge in [0.1, 0.15) is 5.82 Å². The molecule has 0 amide bonds. The molecule has 1 aliphatic heterocycles. The molecule has 1 heterocycles. The Morgan fingerprint density at radius 2 is 2.00 bits per heavy atom. The molecule has 2 aliphatic rings. The van der Waals surface area contributed by atoms with Crippen LogP contribution in [-0.4, -0.2) is 0 Å². The summed E-state index contributed by atoms with van der Waals surface area (Å²) in [4.78, 5) is 0. The molecule has 2 aromatic rings. The fourth-order valence-corrected chi connectivity index (χ4v) is 4.17. The summed E-state index contributed by atoms with van der Waals surface area (Å²) >= 11 is 0. The Morgan fingerprint density at radius 3 is 2.82 bits per heavy atom. The van der Waals surface area contributed by atoms with E-state index in [1.54, 1.807) is 12.1 Å². The summed E-state index contributed by atoms with van der Waals surface area (Å²) in [5.74, 6) is 0.744. The molecular weight excluding hydrogens is 273 g/mol. The number of anilines is 1. The molecule has 2 heteroatoms. The Morgan fingerprint density at radius 1 is 1.14 bits per heavy atom. The molecule has 22 heavy (non-hydrogen) atoms. The van der Waals surface area contributed by atoms with Gasteiger partial charge in [-0.1, -0.05) is 30.4 Å². The molecule has 3 atom stereocenters. The number of hydrogen-bond donors (Lipinski definition) is 1. The van der Waals surface area contributed by atoms with Crippen molar-refractivity contribution >= 4 is 5.69 Å². The van der Waals surface area contributed by atoms with Gasteiger partial charge in [-0.3, -0.25) is 0 Å². The van der Waals surface area contributed by atoms with Gasteiger partial charge in [0.25, 0.3) is 0 Å². The normalized spacial score (nSPS) is 25.5. The molecule has 1 N–H and O–H groups in total. The molecular formula is C20H20FN. The van der Waals surface area contributed by atoms with Crippen molar-refractivity contribution in [3.8, 4) is 0 Å². The number of halogens is 1. The van der Waals surface area contributed by atoms with Crippen LogP contribution in [0.2, 0.25) is 0 Å². The predicted molar refractivity (Wildman–Crippen MR) is 88.7 cm³/mol. The molecule has 0 radical (unpaired) electrons. The molecule has 0 saturated carbocycles. The van der Waals surface area contributed by atoms with Gasteiger partial charge in [0.05, 0.1) is 6.04 Å². The first-order chi connectivity index (χ1) is 10.6. The van der Waals surface area contributed by atoms with Crippen LogP contribution in [0, 0.1) is 25.6 Å². The van der Waals surface area contributed by atoms with Crippen molar-refractivity contribution in [1.82, 2.24) is 0 Å². The summed E-state index contributed by atoms with van der Waals surface area (Å²) in [6, 6.07) is 11.7. The largest absolute Gasteiger partial charge is 0.378 e. The molecule has 1 aliphatic carbocycles. The summed E-state index contributed by atoms with van der Waals surface area (Å²) < 4.78 is 13.6. The Balaban J connectivity index is 1.84. The SMILES string of the molecule is Cc1cc(C)c2c(c1)N[C@H](c1cccc(F)c1)[C@H]1CC=C[C@@H]21. The monoisotopic (exact) mass is 293 g/mol. The number of nitrogens with one attached hydrogen (secondary N) is 1. The summed E-state index contributed by atoms with van der Waals surface area (Å²) in [5, 5.41) is 3.69. The lowest BCUT2D eigenvalue weighted by Gasteiger charge is -2.38. The standard InChI is InChI=1S/C20H20FN/c1-12-9-13(2)19-16-7-4-8-17(16)20(22-18(19)10-12)14-5-3-6-15(21)11-14/h3-7,9-11,16-17,20,22H,8H2,1-2H3/t16-,17+,20-/m1/s1. The van der Waals surface area contributed by atoms with Crippen molar-refractivity contribution in [3.05, 3.63) is 76.6 Å². The summed E-state index contributed by atoms with van der Waals surface area (Å²) in [7, 11) is 0. The van der Waals surface area contributed by atoms with Crippen molar-refractivity contribution in [3.63, 3.8) is 0 Å². The number of aryl methyl sites for hydroxylation is 2. The van der Waals surface area contributed by atoms with Crippen LogP contribution >= 0.6 is 0 Å². The molecule has 1 nitrogen and oxygen atoms in total. The number of fused-ring (bicyclic) bond motifs is 3. The topological polar surface area (TPSA) is 12.0 Å². The molecule has 0 unspecified atom stereocenters. The average molecular weight is 293 g/mol. The molecule has 0 fully saturated rings. The fraction of sp³-hybridized carbons (Fsp3) is 0.300. The Kier molecular flexibility index (Phi) is 3.07. The first-order valence-corrected chi connectivity index (χ1v) is 7.93. The lowest BCUT2D eigenvalue weighted by Crippen LogP contribution is -2.29. The van der Waals surface area contributed by atoms with E-state index in [0.29, 0.717) is 11.8 Å². The zero-order valence-electron chi connectivity index (χ0n) is 12.9. The van der Waals surface area contributed by atoms with Gasteiger partial charge >= 0.3 is 0 Å². The minimum Gasteiger partial charge on any atom is -0.378 e. The van der Waals surface area contributed by atoms with Crippen LogP contribution in [0.25, 0.3) is 0 Å². The zero-order valence-corrected chi connectivity index (χ0v) is 12.9. The van der Waals surface area contributed by atoms with Crippen LogP contribution in [0.1, 0.15) is 40.6 Å². The second kappa shape index (κ2) is 4.98. The van der Waals surface area contributed by atoms with Gasteiger partial charge < -0.3 is 5.32 Å². The van der Waals surface area contributed by atoms with E-state index in [1.165, 1.54) is 28.4 Å². The van der Waals surface area contributed by atoms with E-state index in [2.05, 4.69) is 43.4 Å². The van der Waals surface area contributed by atoms with Crippen LogP contribution in [0.4, 0.5) is 10.1 Å². The zero-order chi connectivity index (χ0) is 15.3. The fourth-order valence-electron chi connectivity index (χ4n) is 4.17. The van der Waals surface area contributed by atoms with Crippen LogP contribution < -0.4 is 5.32 Å². The second-order valence-corrected chi connectivity index (χ2v) is 6.57. The van der Waals surface area contributed by atoms with E-state index in [9.17, 15) is 4.39 Å². The van der Waals surface area contributed by atoms with Crippen molar-refractivity contribution in [2.24, 2.45) is 5.92 Å². The number of benzene rings is 2. The van der Waals surface area contributed by atoms with E-state index < -0.39 is 0 Å². The van der Waals surface area contributed by atoms with Crippen LogP contribution in [0.5, 0.6) is 0 Å². The van der Waals surface area contributed by atoms with Crippen LogP contribution in [-0.2, 0) is 0 Å². The molecule has 0 aromatic heterocycles. The third kappa shape index (κ3) is 2.06. The molecule has 0 bridgehead atoms.